The molecular formula is C13H18ClN3O2. The molecule has 4 N–H and O–H groups in total. The van der Waals surface area contributed by atoms with Crippen LogP contribution in [0.5, 0.6) is 0 Å². The summed E-state index contributed by atoms with van der Waals surface area (Å²) < 4.78 is 0. The maximum atomic E-state index is 12.1. The second kappa shape index (κ2) is 6.99. The van der Waals surface area contributed by atoms with Crippen molar-refractivity contribution >= 4 is 23.3 Å². The van der Waals surface area contributed by atoms with E-state index in [1.54, 1.807) is 18.2 Å². The molecule has 0 aliphatic rings. The Labute approximate surface area is 117 Å². The van der Waals surface area contributed by atoms with Gasteiger partial charge in [-0.2, -0.15) is 0 Å². The molecule has 104 valence electrons. The first kappa shape index (κ1) is 15.3. The molecule has 5 nitrogen and oxygen atoms in total. The van der Waals surface area contributed by atoms with Gasteiger partial charge in [-0.25, -0.2) is 0 Å². The van der Waals surface area contributed by atoms with Crippen LogP contribution in [0, 0.1) is 6.92 Å². The summed E-state index contributed by atoms with van der Waals surface area (Å²) >= 11 is 5.91. The molecule has 1 atom stereocenters. The zero-order valence-corrected chi connectivity index (χ0v) is 11.7. The molecule has 0 bridgehead atoms. The van der Waals surface area contributed by atoms with E-state index in [1.165, 1.54) is 0 Å². The maximum Gasteiger partial charge on any atom is 0.251 e. The van der Waals surface area contributed by atoms with E-state index in [0.29, 0.717) is 17.0 Å². The highest BCUT2D eigenvalue weighted by molar-refractivity contribution is 6.31. The topological polar surface area (TPSA) is 87.7 Å². The van der Waals surface area contributed by atoms with Gasteiger partial charge in [0.25, 0.3) is 5.91 Å². The normalized spacial score (nSPS) is 13.1. The molecule has 0 heterocycles. The first-order valence-corrected chi connectivity index (χ1v) is 6.41. The highest BCUT2D eigenvalue weighted by Crippen LogP contribution is 2.14. The Hall–Kier alpha value is -1.75. The molecule has 0 radical (unpaired) electrons. The Morgan fingerprint density at radius 3 is 2.74 bits per heavy atom. The molecule has 0 spiro atoms. The van der Waals surface area contributed by atoms with Gasteiger partial charge in [-0.05, 0) is 37.1 Å². The number of aryl methyl sites for hydroxylation is 1. The standard InChI is InChI=1S/C13H18ClN3O2/c1-3-4-11(12(15)17-19)16-13(18)9-5-8(2)6-10(14)7-9/h5-7,11,19H,3-4H2,1-2H3,(H2,15,17)(H,16,18). The van der Waals surface area contributed by atoms with Gasteiger partial charge in [-0.15, -0.1) is 0 Å². The van der Waals surface area contributed by atoms with Gasteiger partial charge in [-0.1, -0.05) is 30.1 Å². The molecule has 1 aromatic carbocycles. The third kappa shape index (κ3) is 4.44. The largest absolute Gasteiger partial charge is 0.409 e. The number of carbonyl (C=O) groups is 1. The van der Waals surface area contributed by atoms with Crippen LogP contribution in [0.1, 0.15) is 35.7 Å². The van der Waals surface area contributed by atoms with Crippen molar-refractivity contribution in [3.05, 3.63) is 34.3 Å². The van der Waals surface area contributed by atoms with Crippen molar-refractivity contribution in [1.29, 1.82) is 0 Å². The lowest BCUT2D eigenvalue weighted by atomic mass is 10.1. The van der Waals surface area contributed by atoms with E-state index >= 15 is 0 Å². The highest BCUT2D eigenvalue weighted by atomic mass is 35.5. The Balaban J connectivity index is 2.87. The van der Waals surface area contributed by atoms with Gasteiger partial charge in [0.05, 0.1) is 6.04 Å². The summed E-state index contributed by atoms with van der Waals surface area (Å²) in [5, 5.41) is 14.9. The van der Waals surface area contributed by atoms with Crippen LogP contribution in [0.2, 0.25) is 5.02 Å². The van der Waals surface area contributed by atoms with Gasteiger partial charge >= 0.3 is 0 Å². The number of nitrogens with zero attached hydrogens (tertiary/aromatic N) is 1. The Kier molecular flexibility index (Phi) is 5.63. The molecule has 0 aromatic heterocycles. The molecule has 1 rings (SSSR count). The minimum absolute atomic E-state index is 0.00560. The average Bonchev–Trinajstić information content (AvgIpc) is 2.36. The monoisotopic (exact) mass is 283 g/mol. The minimum Gasteiger partial charge on any atom is -0.409 e. The summed E-state index contributed by atoms with van der Waals surface area (Å²) in [6.07, 6.45) is 1.40. The summed E-state index contributed by atoms with van der Waals surface area (Å²) in [6.45, 7) is 3.81. The summed E-state index contributed by atoms with van der Waals surface area (Å²) in [5.41, 5.74) is 6.90. The van der Waals surface area contributed by atoms with E-state index < -0.39 is 6.04 Å². The molecule has 6 heteroatoms. The molecule has 0 saturated carbocycles. The van der Waals surface area contributed by atoms with Crippen LogP contribution >= 0.6 is 11.6 Å². The van der Waals surface area contributed by atoms with Crippen LogP contribution in [-0.4, -0.2) is 23.0 Å². The third-order valence-corrected chi connectivity index (χ3v) is 2.88. The smallest absolute Gasteiger partial charge is 0.251 e. The lowest BCUT2D eigenvalue weighted by Crippen LogP contribution is -2.44. The van der Waals surface area contributed by atoms with Gasteiger partial charge < -0.3 is 16.3 Å². The number of nitrogens with one attached hydrogen (secondary N) is 1. The Morgan fingerprint density at radius 1 is 1.53 bits per heavy atom. The number of benzene rings is 1. The van der Waals surface area contributed by atoms with Crippen LogP contribution in [0.3, 0.4) is 0 Å². The average molecular weight is 284 g/mol. The molecule has 0 saturated heterocycles. The fourth-order valence-corrected chi connectivity index (χ4v) is 2.05. The van der Waals surface area contributed by atoms with Crippen molar-refractivity contribution in [3.63, 3.8) is 0 Å². The first-order valence-electron chi connectivity index (χ1n) is 6.03. The molecule has 19 heavy (non-hydrogen) atoms. The van der Waals surface area contributed by atoms with Gasteiger partial charge in [0.2, 0.25) is 0 Å². The second-order valence-electron chi connectivity index (χ2n) is 4.36. The van der Waals surface area contributed by atoms with Gasteiger partial charge in [0.1, 0.15) is 0 Å². The molecule has 0 aliphatic heterocycles. The number of carbonyl (C=O) groups excluding carboxylic acids is 1. The van der Waals surface area contributed by atoms with E-state index in [2.05, 4.69) is 10.5 Å². The molecular weight excluding hydrogens is 266 g/mol. The maximum absolute atomic E-state index is 12.1. The fraction of sp³-hybridized carbons (Fsp3) is 0.385. The van der Waals surface area contributed by atoms with Gasteiger partial charge in [-0.3, -0.25) is 4.79 Å². The molecule has 0 fully saturated rings. The third-order valence-electron chi connectivity index (χ3n) is 2.66. The van der Waals surface area contributed by atoms with Crippen molar-refractivity contribution in [3.8, 4) is 0 Å². The molecule has 1 unspecified atom stereocenters. The van der Waals surface area contributed by atoms with Crippen LogP contribution in [0.4, 0.5) is 0 Å². The fourth-order valence-electron chi connectivity index (χ4n) is 1.76. The predicted octanol–water partition coefficient (Wildman–Crippen LogP) is 2.29. The highest BCUT2D eigenvalue weighted by Gasteiger charge is 2.17. The van der Waals surface area contributed by atoms with Crippen LogP contribution in [0.25, 0.3) is 0 Å². The number of hydrogen-bond donors (Lipinski definition) is 3. The number of nitrogens with two attached hydrogens (primary N) is 1. The van der Waals surface area contributed by atoms with E-state index in [1.807, 2.05) is 13.8 Å². The van der Waals surface area contributed by atoms with E-state index in [9.17, 15) is 4.79 Å². The second-order valence-corrected chi connectivity index (χ2v) is 4.79. The van der Waals surface area contributed by atoms with Gasteiger partial charge in [0, 0.05) is 10.6 Å². The molecule has 0 aliphatic carbocycles. The van der Waals surface area contributed by atoms with E-state index in [0.717, 1.165) is 12.0 Å². The lowest BCUT2D eigenvalue weighted by Gasteiger charge is -2.16. The van der Waals surface area contributed by atoms with Crippen molar-refractivity contribution < 1.29 is 10.0 Å². The van der Waals surface area contributed by atoms with Crippen molar-refractivity contribution in [1.82, 2.24) is 5.32 Å². The van der Waals surface area contributed by atoms with Crippen LogP contribution in [0.15, 0.2) is 23.4 Å². The quantitative estimate of drug-likeness (QED) is 0.335. The summed E-state index contributed by atoms with van der Waals surface area (Å²) in [4.78, 5) is 12.1. The predicted molar refractivity (Wildman–Crippen MR) is 75.8 cm³/mol. The van der Waals surface area contributed by atoms with Gasteiger partial charge in [0.15, 0.2) is 5.84 Å². The van der Waals surface area contributed by atoms with Crippen molar-refractivity contribution in [2.45, 2.75) is 32.7 Å². The molecule has 1 aromatic rings. The SMILES string of the molecule is CCCC(NC(=O)c1cc(C)cc(Cl)c1)/C(N)=N/O. The molecule has 1 amide bonds. The van der Waals surface area contributed by atoms with E-state index in [4.69, 9.17) is 22.5 Å². The van der Waals surface area contributed by atoms with E-state index in [-0.39, 0.29) is 11.7 Å². The summed E-state index contributed by atoms with van der Waals surface area (Å²) in [6, 6.07) is 4.60. The zero-order chi connectivity index (χ0) is 14.4. The Bertz CT molecular complexity index is 469. The zero-order valence-electron chi connectivity index (χ0n) is 11.0. The van der Waals surface area contributed by atoms with Crippen LogP contribution < -0.4 is 11.1 Å². The van der Waals surface area contributed by atoms with Crippen molar-refractivity contribution in [2.75, 3.05) is 0 Å². The summed E-state index contributed by atoms with van der Waals surface area (Å²) in [5.74, 6) is -0.301. The Morgan fingerprint density at radius 2 is 2.21 bits per heavy atom. The van der Waals surface area contributed by atoms with Crippen LogP contribution in [-0.2, 0) is 0 Å². The summed E-state index contributed by atoms with van der Waals surface area (Å²) in [7, 11) is 0. The number of halogens is 1. The lowest BCUT2D eigenvalue weighted by molar-refractivity contribution is 0.0944. The number of amidine groups is 1. The number of rotatable bonds is 5. The minimum atomic E-state index is -0.484. The number of amides is 1. The number of oxime groups is 1. The van der Waals surface area contributed by atoms with Crippen molar-refractivity contribution in [2.24, 2.45) is 10.9 Å². The number of hydrogen-bond acceptors (Lipinski definition) is 3. The first-order chi connectivity index (χ1) is 8.97.